The zero-order valence-electron chi connectivity index (χ0n) is 10.8. The van der Waals surface area contributed by atoms with Gasteiger partial charge in [-0.05, 0) is 13.3 Å². The summed E-state index contributed by atoms with van der Waals surface area (Å²) in [6, 6.07) is 0. The molecule has 8 nitrogen and oxygen atoms in total. The van der Waals surface area contributed by atoms with E-state index in [0.29, 0.717) is 0 Å². The van der Waals surface area contributed by atoms with Crippen LogP contribution in [0.2, 0.25) is 0 Å². The third-order valence-electron chi connectivity index (χ3n) is 2.46. The van der Waals surface area contributed by atoms with Crippen molar-refractivity contribution in [2.45, 2.75) is 44.7 Å². The molecule has 1 heterocycles. The lowest BCUT2D eigenvalue weighted by Crippen LogP contribution is -2.47. The fourth-order valence-electron chi connectivity index (χ4n) is 1.47. The van der Waals surface area contributed by atoms with Crippen LogP contribution in [0.25, 0.3) is 0 Å². The summed E-state index contributed by atoms with van der Waals surface area (Å²) in [6.45, 7) is 3.57. The average Bonchev–Trinajstić information content (AvgIpc) is 2.28. The molecule has 0 saturated carbocycles. The van der Waals surface area contributed by atoms with Crippen LogP contribution < -0.4 is 0 Å². The first kappa shape index (κ1) is 19.3. The van der Waals surface area contributed by atoms with E-state index in [2.05, 4.69) is 4.74 Å². The van der Waals surface area contributed by atoms with E-state index in [0.717, 1.165) is 6.92 Å². The van der Waals surface area contributed by atoms with Crippen LogP contribution >= 0.6 is 0 Å². The van der Waals surface area contributed by atoms with E-state index in [-0.39, 0.29) is 6.42 Å². The van der Waals surface area contributed by atoms with E-state index < -0.39 is 44.0 Å². The van der Waals surface area contributed by atoms with Gasteiger partial charge in [0, 0.05) is 6.92 Å². The monoisotopic (exact) mass is 340 g/mol. The fourth-order valence-corrected chi connectivity index (χ4v) is 2.26. The molecule has 0 spiro atoms. The molecule has 120 valence electrons. The molecule has 1 aliphatic rings. The van der Waals surface area contributed by atoms with Crippen molar-refractivity contribution in [1.82, 2.24) is 0 Å². The summed E-state index contributed by atoms with van der Waals surface area (Å²) < 4.78 is 92.2. The summed E-state index contributed by atoms with van der Waals surface area (Å²) >= 11 is 0. The predicted molar refractivity (Wildman–Crippen MR) is 60.3 cm³/mol. The summed E-state index contributed by atoms with van der Waals surface area (Å²) in [5.74, 6) is -9.22. The molecule has 12 heteroatoms. The van der Waals surface area contributed by atoms with Gasteiger partial charge in [0.25, 0.3) is 21.8 Å². The Hall–Kier alpha value is -0.690. The van der Waals surface area contributed by atoms with Crippen molar-refractivity contribution in [2.24, 2.45) is 0 Å². The molecule has 1 fully saturated rings. The third-order valence-corrected chi connectivity index (χ3v) is 3.20. The second-order valence-electron chi connectivity index (χ2n) is 4.27. The standard InChI is InChI=1S/C8H14F2O5S.O3S/c1-4-6(2)14-7(3,9)8(10,15-6)5-16(11,12)13;1-4(2)3/h4-5H2,1-3H3,(H,11,12,13);. The van der Waals surface area contributed by atoms with Crippen LogP contribution in [0.4, 0.5) is 8.78 Å². The van der Waals surface area contributed by atoms with Crippen molar-refractivity contribution in [3.05, 3.63) is 0 Å². The molecule has 0 aliphatic carbocycles. The zero-order chi connectivity index (χ0) is 16.4. The maximum Gasteiger partial charge on any atom is 0.425 e. The van der Waals surface area contributed by atoms with E-state index in [1.54, 1.807) is 6.92 Å². The fraction of sp³-hybridized carbons (Fsp3) is 1.00. The van der Waals surface area contributed by atoms with Gasteiger partial charge >= 0.3 is 10.6 Å². The molecule has 20 heavy (non-hydrogen) atoms. The molecular formula is C8H14F2O8S2. The van der Waals surface area contributed by atoms with Crippen molar-refractivity contribution >= 4 is 20.7 Å². The van der Waals surface area contributed by atoms with Gasteiger partial charge in [-0.25, -0.2) is 8.78 Å². The maximum atomic E-state index is 14.0. The van der Waals surface area contributed by atoms with Gasteiger partial charge in [-0.15, -0.1) is 12.6 Å². The molecule has 1 rings (SSSR count). The largest absolute Gasteiger partial charge is 0.425 e. The summed E-state index contributed by atoms with van der Waals surface area (Å²) in [5, 5.41) is 0. The van der Waals surface area contributed by atoms with Gasteiger partial charge in [-0.1, -0.05) is 6.92 Å². The zero-order valence-corrected chi connectivity index (χ0v) is 12.4. The number of alkyl halides is 2. The van der Waals surface area contributed by atoms with Gasteiger partial charge in [-0.3, -0.25) is 4.55 Å². The van der Waals surface area contributed by atoms with Gasteiger partial charge in [-0.2, -0.15) is 8.42 Å². The Morgan fingerprint density at radius 1 is 1.15 bits per heavy atom. The van der Waals surface area contributed by atoms with Gasteiger partial charge in [0.2, 0.25) is 0 Å². The Kier molecular flexibility index (Phi) is 5.77. The highest BCUT2D eigenvalue weighted by atomic mass is 32.2. The van der Waals surface area contributed by atoms with Crippen LogP contribution in [0.5, 0.6) is 0 Å². The molecule has 1 saturated heterocycles. The van der Waals surface area contributed by atoms with Gasteiger partial charge in [0.15, 0.2) is 5.79 Å². The summed E-state index contributed by atoms with van der Waals surface area (Å²) in [4.78, 5) is 0. The molecule has 0 aromatic carbocycles. The Morgan fingerprint density at radius 2 is 1.55 bits per heavy atom. The molecule has 0 amide bonds. The lowest BCUT2D eigenvalue weighted by atomic mass is 10.2. The van der Waals surface area contributed by atoms with E-state index in [9.17, 15) is 17.2 Å². The molecule has 1 N–H and O–H groups in total. The summed E-state index contributed by atoms with van der Waals surface area (Å²) in [5.41, 5.74) is 0. The minimum absolute atomic E-state index is 0.129. The highest BCUT2D eigenvalue weighted by Crippen LogP contribution is 2.48. The Bertz CT molecular complexity index is 550. The van der Waals surface area contributed by atoms with E-state index in [1.807, 2.05) is 0 Å². The number of halogens is 2. The SMILES string of the molecule is CCC1(C)OC(C)(F)C(F)(CS(=O)(=O)O)O1.O=S(=O)=O. The first-order valence-electron chi connectivity index (χ1n) is 5.16. The number of hydrogen-bond acceptors (Lipinski definition) is 7. The van der Waals surface area contributed by atoms with Crippen LogP contribution in [0.1, 0.15) is 27.2 Å². The van der Waals surface area contributed by atoms with E-state index in [4.69, 9.17) is 21.9 Å². The third kappa shape index (κ3) is 5.36. The first-order chi connectivity index (χ1) is 8.66. The minimum atomic E-state index is -4.72. The number of hydrogen-bond donors (Lipinski definition) is 1. The lowest BCUT2D eigenvalue weighted by Gasteiger charge is -2.24. The summed E-state index contributed by atoms with van der Waals surface area (Å²) in [6.07, 6.45) is 0.129. The second-order valence-corrected chi connectivity index (χ2v) is 6.13. The highest BCUT2D eigenvalue weighted by Gasteiger charge is 2.66. The van der Waals surface area contributed by atoms with Gasteiger partial charge in [0.1, 0.15) is 5.75 Å². The molecule has 3 atom stereocenters. The Morgan fingerprint density at radius 3 is 1.80 bits per heavy atom. The Balaban J connectivity index is 0.000000796. The summed E-state index contributed by atoms with van der Waals surface area (Å²) in [7, 11) is -7.83. The van der Waals surface area contributed by atoms with Crippen molar-refractivity contribution in [1.29, 1.82) is 0 Å². The van der Waals surface area contributed by atoms with Crippen molar-refractivity contribution in [2.75, 3.05) is 5.75 Å². The van der Waals surface area contributed by atoms with Crippen LogP contribution in [0, 0.1) is 0 Å². The topological polar surface area (TPSA) is 124 Å². The molecule has 0 radical (unpaired) electrons. The smallest absolute Gasteiger partial charge is 0.309 e. The Labute approximate surface area is 115 Å². The highest BCUT2D eigenvalue weighted by molar-refractivity contribution is 7.85. The molecule has 0 bridgehead atoms. The predicted octanol–water partition coefficient (Wildman–Crippen LogP) is 0.395. The maximum absolute atomic E-state index is 14.0. The van der Waals surface area contributed by atoms with Crippen LogP contribution in [-0.4, -0.2) is 48.8 Å². The van der Waals surface area contributed by atoms with E-state index >= 15 is 0 Å². The molecule has 1 aliphatic heterocycles. The van der Waals surface area contributed by atoms with Crippen molar-refractivity contribution < 1.29 is 43.9 Å². The first-order valence-corrected chi connectivity index (χ1v) is 7.77. The quantitative estimate of drug-likeness (QED) is 0.732. The van der Waals surface area contributed by atoms with Crippen LogP contribution in [-0.2, 0) is 30.2 Å². The minimum Gasteiger partial charge on any atom is -0.309 e. The number of rotatable bonds is 3. The molecular weight excluding hydrogens is 326 g/mol. The average molecular weight is 340 g/mol. The normalized spacial score (nSPS) is 37.1. The molecule has 0 aromatic rings. The van der Waals surface area contributed by atoms with Crippen LogP contribution in [0.3, 0.4) is 0 Å². The van der Waals surface area contributed by atoms with Gasteiger partial charge in [0.05, 0.1) is 0 Å². The number of ether oxygens (including phenoxy) is 2. The van der Waals surface area contributed by atoms with Gasteiger partial charge < -0.3 is 9.47 Å². The molecule has 3 unspecified atom stereocenters. The second kappa shape index (κ2) is 5.97. The van der Waals surface area contributed by atoms with E-state index in [1.165, 1.54) is 6.92 Å². The van der Waals surface area contributed by atoms with Crippen LogP contribution in [0.15, 0.2) is 0 Å². The van der Waals surface area contributed by atoms with Crippen molar-refractivity contribution in [3.63, 3.8) is 0 Å². The molecule has 0 aromatic heterocycles. The lowest BCUT2D eigenvalue weighted by molar-refractivity contribution is -0.204. The van der Waals surface area contributed by atoms with Crippen molar-refractivity contribution in [3.8, 4) is 0 Å².